The van der Waals surface area contributed by atoms with Crippen LogP contribution in [0.4, 0.5) is 11.4 Å². The summed E-state index contributed by atoms with van der Waals surface area (Å²) in [5, 5.41) is 15.0. The largest absolute Gasteiger partial charge is 0.493 e. The molecular weight excluding hydrogens is 428 g/mol. The van der Waals surface area contributed by atoms with Crippen molar-refractivity contribution in [2.75, 3.05) is 12.4 Å². The highest BCUT2D eigenvalue weighted by Crippen LogP contribution is 2.35. The lowest BCUT2D eigenvalue weighted by Gasteiger charge is -2.18. The number of halogens is 1. The summed E-state index contributed by atoms with van der Waals surface area (Å²) in [6, 6.07) is 16.1. The first-order chi connectivity index (χ1) is 15.4. The first kappa shape index (κ1) is 23.2. The van der Waals surface area contributed by atoms with Crippen molar-refractivity contribution in [3.63, 3.8) is 0 Å². The van der Waals surface area contributed by atoms with Gasteiger partial charge in [-0.2, -0.15) is 0 Å². The van der Waals surface area contributed by atoms with Crippen molar-refractivity contribution in [1.29, 1.82) is 0 Å². The van der Waals surface area contributed by atoms with Gasteiger partial charge < -0.3 is 14.8 Å². The zero-order valence-corrected chi connectivity index (χ0v) is 18.8. The molecular formula is C25H25ClN2O4. The van der Waals surface area contributed by atoms with Crippen LogP contribution in [0.5, 0.6) is 11.5 Å². The molecule has 166 valence electrons. The lowest BCUT2D eigenvalue weighted by molar-refractivity contribution is -0.384. The molecule has 0 aliphatic rings. The maximum atomic E-state index is 10.8. The molecule has 0 atom stereocenters. The number of rotatable bonds is 10. The van der Waals surface area contributed by atoms with Crippen LogP contribution in [0.3, 0.4) is 0 Å². The molecule has 32 heavy (non-hydrogen) atoms. The fraction of sp³-hybridized carbons (Fsp3) is 0.200. The van der Waals surface area contributed by atoms with Crippen LogP contribution in [0.15, 0.2) is 67.3 Å². The molecule has 1 N–H and O–H groups in total. The number of nitrogens with zero attached hydrogens (tertiary/aromatic N) is 1. The van der Waals surface area contributed by atoms with E-state index < -0.39 is 4.92 Å². The molecule has 0 heterocycles. The van der Waals surface area contributed by atoms with Crippen molar-refractivity contribution in [3.05, 3.63) is 105 Å². The third kappa shape index (κ3) is 5.59. The van der Waals surface area contributed by atoms with Crippen molar-refractivity contribution in [2.24, 2.45) is 0 Å². The van der Waals surface area contributed by atoms with Crippen molar-refractivity contribution >= 4 is 23.0 Å². The molecule has 0 unspecified atom stereocenters. The van der Waals surface area contributed by atoms with E-state index in [0.717, 1.165) is 33.0 Å². The summed E-state index contributed by atoms with van der Waals surface area (Å²) in [7, 11) is 1.60. The van der Waals surface area contributed by atoms with E-state index in [2.05, 4.69) is 18.0 Å². The number of nitro groups is 1. The summed E-state index contributed by atoms with van der Waals surface area (Å²) in [6.07, 6.45) is 2.42. The Balaban J connectivity index is 1.80. The van der Waals surface area contributed by atoms with Gasteiger partial charge in [-0.1, -0.05) is 23.7 Å². The molecule has 0 spiro atoms. The topological polar surface area (TPSA) is 73.6 Å². The number of ether oxygens (including phenoxy) is 2. The number of non-ortho nitro benzene ring substituents is 1. The summed E-state index contributed by atoms with van der Waals surface area (Å²) in [5.41, 5.74) is 4.81. The number of hydrogen-bond donors (Lipinski definition) is 1. The Labute approximate surface area is 192 Å². The van der Waals surface area contributed by atoms with Crippen molar-refractivity contribution in [3.8, 4) is 11.5 Å². The smallest absolute Gasteiger partial charge is 0.269 e. The molecule has 3 rings (SSSR count). The van der Waals surface area contributed by atoms with Crippen LogP contribution in [-0.4, -0.2) is 12.0 Å². The molecule has 3 aromatic carbocycles. The van der Waals surface area contributed by atoms with Gasteiger partial charge >= 0.3 is 0 Å². The monoisotopic (exact) mass is 452 g/mol. The number of nitrogens with one attached hydrogen (secondary N) is 1. The second-order valence-corrected chi connectivity index (χ2v) is 7.66. The molecule has 0 aliphatic heterocycles. The van der Waals surface area contributed by atoms with Gasteiger partial charge in [-0.25, -0.2) is 0 Å². The molecule has 0 amide bonds. The number of anilines is 1. The van der Waals surface area contributed by atoms with Crippen molar-refractivity contribution in [2.45, 2.75) is 26.5 Å². The molecule has 0 bridgehead atoms. The van der Waals surface area contributed by atoms with Crippen LogP contribution < -0.4 is 14.8 Å². The minimum absolute atomic E-state index is 0.0467. The van der Waals surface area contributed by atoms with Gasteiger partial charge in [0.1, 0.15) is 6.61 Å². The van der Waals surface area contributed by atoms with Gasteiger partial charge in [0.2, 0.25) is 0 Å². The second-order valence-electron chi connectivity index (χ2n) is 7.26. The van der Waals surface area contributed by atoms with Gasteiger partial charge in [0.25, 0.3) is 5.69 Å². The molecule has 0 aliphatic carbocycles. The summed E-state index contributed by atoms with van der Waals surface area (Å²) in [4.78, 5) is 10.4. The normalized spacial score (nSPS) is 10.5. The Hall–Kier alpha value is -3.51. The molecule has 0 saturated carbocycles. The fourth-order valence-corrected chi connectivity index (χ4v) is 3.49. The molecule has 0 fully saturated rings. The number of allylic oxidation sites excluding steroid dienone is 1. The highest BCUT2D eigenvalue weighted by molar-refractivity contribution is 6.31. The quantitative estimate of drug-likeness (QED) is 0.216. The van der Waals surface area contributed by atoms with Crippen LogP contribution in [0, 0.1) is 17.0 Å². The van der Waals surface area contributed by atoms with Crippen LogP contribution in [0.2, 0.25) is 5.02 Å². The fourth-order valence-electron chi connectivity index (χ4n) is 3.31. The Kier molecular flexibility index (Phi) is 7.73. The van der Waals surface area contributed by atoms with Gasteiger partial charge in [-0.3, -0.25) is 10.1 Å². The molecule has 6 nitrogen and oxygen atoms in total. The highest BCUT2D eigenvalue weighted by atomic mass is 35.5. The number of benzene rings is 3. The van der Waals surface area contributed by atoms with E-state index >= 15 is 0 Å². The zero-order chi connectivity index (χ0) is 23.1. The van der Waals surface area contributed by atoms with Crippen LogP contribution in [0.1, 0.15) is 22.3 Å². The first-order valence-corrected chi connectivity index (χ1v) is 10.5. The molecule has 7 heteroatoms. The Bertz CT molecular complexity index is 1110. The highest BCUT2D eigenvalue weighted by Gasteiger charge is 2.14. The summed E-state index contributed by atoms with van der Waals surface area (Å²) in [6.45, 7) is 6.68. The predicted octanol–water partition coefficient (Wildman–Crippen LogP) is 6.48. The van der Waals surface area contributed by atoms with E-state index in [1.54, 1.807) is 19.2 Å². The standard InChI is InChI=1S/C25H25ClN2O4/c1-4-6-20-13-19(15-27-23-8-5-7-22(26)17(23)2)14-24(31-3)25(20)32-16-18-9-11-21(12-10-18)28(29)30/h4-5,7-14,27H,1,6,15-16H2,2-3H3. The van der Waals surface area contributed by atoms with Crippen LogP contribution in [-0.2, 0) is 19.6 Å². The van der Waals surface area contributed by atoms with Gasteiger partial charge in [-0.05, 0) is 66.4 Å². The lowest BCUT2D eigenvalue weighted by atomic mass is 10.0. The Morgan fingerprint density at radius 3 is 2.56 bits per heavy atom. The second kappa shape index (κ2) is 10.7. The third-order valence-electron chi connectivity index (χ3n) is 5.06. The Morgan fingerprint density at radius 2 is 1.91 bits per heavy atom. The third-order valence-corrected chi connectivity index (χ3v) is 5.47. The van der Waals surface area contributed by atoms with E-state index in [4.69, 9.17) is 21.1 Å². The lowest BCUT2D eigenvalue weighted by Crippen LogP contribution is -2.05. The van der Waals surface area contributed by atoms with Gasteiger partial charge in [-0.15, -0.1) is 6.58 Å². The number of nitro benzene ring substituents is 1. The molecule has 0 aromatic heterocycles. The molecule has 0 saturated heterocycles. The number of hydrogen-bond acceptors (Lipinski definition) is 5. The van der Waals surface area contributed by atoms with Gasteiger partial charge in [0.05, 0.1) is 12.0 Å². The van der Waals surface area contributed by atoms with E-state index in [0.29, 0.717) is 24.5 Å². The molecule has 0 radical (unpaired) electrons. The maximum Gasteiger partial charge on any atom is 0.269 e. The van der Waals surface area contributed by atoms with E-state index in [1.807, 2.05) is 37.3 Å². The minimum atomic E-state index is -0.423. The first-order valence-electron chi connectivity index (χ1n) is 10.1. The number of methoxy groups -OCH3 is 1. The van der Waals surface area contributed by atoms with Gasteiger partial charge in [0, 0.05) is 35.0 Å². The van der Waals surface area contributed by atoms with Crippen molar-refractivity contribution < 1.29 is 14.4 Å². The van der Waals surface area contributed by atoms with Gasteiger partial charge in [0.15, 0.2) is 11.5 Å². The summed E-state index contributed by atoms with van der Waals surface area (Å²) >= 11 is 6.22. The van der Waals surface area contributed by atoms with Crippen LogP contribution in [0.25, 0.3) is 0 Å². The Morgan fingerprint density at radius 1 is 1.16 bits per heavy atom. The predicted molar refractivity (Wildman–Crippen MR) is 128 cm³/mol. The van der Waals surface area contributed by atoms with E-state index in [1.165, 1.54) is 12.1 Å². The summed E-state index contributed by atoms with van der Waals surface area (Å²) in [5.74, 6) is 1.25. The van der Waals surface area contributed by atoms with E-state index in [-0.39, 0.29) is 12.3 Å². The molecule has 3 aromatic rings. The van der Waals surface area contributed by atoms with Crippen LogP contribution >= 0.6 is 11.6 Å². The summed E-state index contributed by atoms with van der Waals surface area (Å²) < 4.78 is 11.7. The maximum absolute atomic E-state index is 10.8. The van der Waals surface area contributed by atoms with E-state index in [9.17, 15) is 10.1 Å². The average Bonchev–Trinajstić information content (AvgIpc) is 2.79. The van der Waals surface area contributed by atoms with Crippen molar-refractivity contribution in [1.82, 2.24) is 0 Å². The minimum Gasteiger partial charge on any atom is -0.493 e. The SMILES string of the molecule is C=CCc1cc(CNc2cccc(Cl)c2C)cc(OC)c1OCc1ccc([N+](=O)[O-])cc1. The average molecular weight is 453 g/mol. The zero-order valence-electron chi connectivity index (χ0n) is 18.1.